The zero-order valence-electron chi connectivity index (χ0n) is 17.5. The van der Waals surface area contributed by atoms with Crippen molar-refractivity contribution in [2.45, 2.75) is 45.3 Å². The molecule has 2 N–H and O–H groups in total. The Morgan fingerprint density at radius 3 is 2.55 bits per heavy atom. The smallest absolute Gasteiger partial charge is 0.213 e. The first-order valence-corrected chi connectivity index (χ1v) is 12.3. The van der Waals surface area contributed by atoms with Crippen LogP contribution in [0.4, 0.5) is 0 Å². The van der Waals surface area contributed by atoms with Crippen molar-refractivity contribution >= 4 is 16.0 Å². The lowest BCUT2D eigenvalue weighted by molar-refractivity contribution is 0.0925. The highest BCUT2D eigenvalue weighted by atomic mass is 32.2. The summed E-state index contributed by atoms with van der Waals surface area (Å²) in [6.07, 6.45) is 2.70. The van der Waals surface area contributed by atoms with Crippen LogP contribution in [0.25, 0.3) is 0 Å². The Labute approximate surface area is 175 Å². The van der Waals surface area contributed by atoms with E-state index < -0.39 is 10.0 Å². The van der Waals surface area contributed by atoms with Crippen LogP contribution < -0.4 is 10.6 Å². The average molecular weight is 423 g/mol. The molecule has 3 rings (SSSR count). The Morgan fingerprint density at radius 1 is 1.17 bits per heavy atom. The number of ether oxygens (including phenoxy) is 1. The summed E-state index contributed by atoms with van der Waals surface area (Å²) < 4.78 is 31.7. The van der Waals surface area contributed by atoms with Crippen LogP contribution in [0.15, 0.2) is 35.3 Å². The Kier molecular flexibility index (Phi) is 7.91. The van der Waals surface area contributed by atoms with E-state index >= 15 is 0 Å². The van der Waals surface area contributed by atoms with Crippen molar-refractivity contribution in [1.29, 1.82) is 0 Å². The number of piperidine rings is 1. The maximum Gasteiger partial charge on any atom is 0.213 e. The summed E-state index contributed by atoms with van der Waals surface area (Å²) in [5, 5.41) is 6.83. The Hall–Kier alpha value is -1.64. The second-order valence-electron chi connectivity index (χ2n) is 7.69. The van der Waals surface area contributed by atoms with Gasteiger partial charge < -0.3 is 15.4 Å². The molecule has 2 heterocycles. The number of sulfonamides is 1. The van der Waals surface area contributed by atoms with E-state index in [1.807, 2.05) is 18.2 Å². The minimum absolute atomic E-state index is 0.102. The molecule has 1 aromatic rings. The minimum Gasteiger partial charge on any atom is -0.373 e. The summed E-state index contributed by atoms with van der Waals surface area (Å²) in [5.41, 5.74) is 1.22. The fourth-order valence-corrected chi connectivity index (χ4v) is 5.15. The predicted octanol–water partition coefficient (Wildman–Crippen LogP) is 2.13. The zero-order chi connectivity index (χ0) is 20.7. The van der Waals surface area contributed by atoms with Crippen LogP contribution in [-0.4, -0.2) is 63.3 Å². The van der Waals surface area contributed by atoms with E-state index in [-0.39, 0.29) is 17.9 Å². The van der Waals surface area contributed by atoms with Crippen LogP contribution in [0.3, 0.4) is 0 Å². The number of hydrogen-bond donors (Lipinski definition) is 2. The highest BCUT2D eigenvalue weighted by Gasteiger charge is 2.30. The molecule has 2 unspecified atom stereocenters. The predicted molar refractivity (Wildman–Crippen MR) is 116 cm³/mol. The molecule has 0 aromatic heterocycles. The molecular weight excluding hydrogens is 388 g/mol. The molecule has 0 aliphatic carbocycles. The third-order valence-corrected chi connectivity index (χ3v) is 7.60. The summed E-state index contributed by atoms with van der Waals surface area (Å²) in [6.45, 7) is 7.16. The highest BCUT2D eigenvalue weighted by Crippen LogP contribution is 2.34. The first-order chi connectivity index (χ1) is 14.0. The average Bonchev–Trinajstić information content (AvgIpc) is 3.22. The minimum atomic E-state index is -3.09. The monoisotopic (exact) mass is 422 g/mol. The van der Waals surface area contributed by atoms with Gasteiger partial charge in [0, 0.05) is 44.7 Å². The molecule has 29 heavy (non-hydrogen) atoms. The SMILES string of the molecule is CCNC(=NCC1CCOC1c1ccccc1)NC1CCN(S(=O)(=O)CC)CC1. The maximum absolute atomic E-state index is 12.0. The summed E-state index contributed by atoms with van der Waals surface area (Å²) in [6, 6.07) is 10.6. The molecule has 0 saturated carbocycles. The summed E-state index contributed by atoms with van der Waals surface area (Å²) in [5.74, 6) is 1.34. The van der Waals surface area contributed by atoms with Crippen LogP contribution in [0.1, 0.15) is 44.8 Å². The first kappa shape index (κ1) is 22.1. The number of benzene rings is 1. The Bertz CT molecular complexity index is 761. The van der Waals surface area contributed by atoms with Gasteiger partial charge in [0.05, 0.1) is 11.9 Å². The van der Waals surface area contributed by atoms with Crippen LogP contribution in [0, 0.1) is 5.92 Å². The molecule has 8 heteroatoms. The van der Waals surface area contributed by atoms with Crippen molar-refractivity contribution in [3.63, 3.8) is 0 Å². The van der Waals surface area contributed by atoms with E-state index in [0.717, 1.165) is 38.4 Å². The molecule has 0 radical (unpaired) electrons. The molecule has 2 saturated heterocycles. The van der Waals surface area contributed by atoms with E-state index in [2.05, 4.69) is 29.7 Å². The van der Waals surface area contributed by atoms with E-state index in [4.69, 9.17) is 9.73 Å². The van der Waals surface area contributed by atoms with Crippen LogP contribution >= 0.6 is 0 Å². The van der Waals surface area contributed by atoms with Gasteiger partial charge in [-0.2, -0.15) is 0 Å². The van der Waals surface area contributed by atoms with Crippen molar-refractivity contribution in [2.24, 2.45) is 10.9 Å². The third kappa shape index (κ3) is 5.93. The van der Waals surface area contributed by atoms with Crippen molar-refractivity contribution in [3.8, 4) is 0 Å². The van der Waals surface area contributed by atoms with E-state index in [1.165, 1.54) is 5.56 Å². The summed E-state index contributed by atoms with van der Waals surface area (Å²) in [4.78, 5) is 4.83. The second-order valence-corrected chi connectivity index (χ2v) is 9.95. The molecular formula is C21H34N4O3S. The second kappa shape index (κ2) is 10.4. The fourth-order valence-electron chi connectivity index (χ4n) is 4.01. The van der Waals surface area contributed by atoms with Gasteiger partial charge in [-0.3, -0.25) is 4.99 Å². The lowest BCUT2D eigenvalue weighted by Gasteiger charge is -2.32. The third-order valence-electron chi connectivity index (χ3n) is 5.72. The first-order valence-electron chi connectivity index (χ1n) is 10.7. The summed E-state index contributed by atoms with van der Waals surface area (Å²) in [7, 11) is -3.09. The van der Waals surface area contributed by atoms with Gasteiger partial charge in [-0.05, 0) is 38.7 Å². The van der Waals surface area contributed by atoms with Crippen LogP contribution in [0.5, 0.6) is 0 Å². The van der Waals surface area contributed by atoms with Gasteiger partial charge in [-0.25, -0.2) is 12.7 Å². The standard InChI is InChI=1S/C21H34N4O3S/c1-3-22-21(24-19-10-13-25(14-11-19)29(26,27)4-2)23-16-18-12-15-28-20(18)17-8-6-5-7-9-17/h5-9,18-20H,3-4,10-16H2,1-2H3,(H2,22,23,24). The van der Waals surface area contributed by atoms with Gasteiger partial charge in [0.1, 0.15) is 0 Å². The van der Waals surface area contributed by atoms with E-state index in [1.54, 1.807) is 11.2 Å². The molecule has 0 bridgehead atoms. The molecule has 162 valence electrons. The number of aliphatic imine (C=N–C) groups is 1. The van der Waals surface area contributed by atoms with Gasteiger partial charge >= 0.3 is 0 Å². The quantitative estimate of drug-likeness (QED) is 0.520. The van der Waals surface area contributed by atoms with Crippen molar-refractivity contribution in [3.05, 3.63) is 35.9 Å². The Morgan fingerprint density at radius 2 is 1.90 bits per heavy atom. The zero-order valence-corrected chi connectivity index (χ0v) is 18.3. The molecule has 1 aromatic carbocycles. The summed E-state index contributed by atoms with van der Waals surface area (Å²) >= 11 is 0. The molecule has 7 nitrogen and oxygen atoms in total. The largest absolute Gasteiger partial charge is 0.373 e. The van der Waals surface area contributed by atoms with Crippen molar-refractivity contribution < 1.29 is 13.2 Å². The molecule has 2 aliphatic rings. The van der Waals surface area contributed by atoms with E-state index in [0.29, 0.717) is 25.6 Å². The van der Waals surface area contributed by atoms with Gasteiger partial charge in [0.15, 0.2) is 5.96 Å². The van der Waals surface area contributed by atoms with Crippen molar-refractivity contribution in [2.75, 3.05) is 38.5 Å². The molecule has 2 fully saturated rings. The molecule has 2 aliphatic heterocycles. The van der Waals surface area contributed by atoms with Crippen LogP contribution in [-0.2, 0) is 14.8 Å². The number of nitrogens with one attached hydrogen (secondary N) is 2. The van der Waals surface area contributed by atoms with Crippen LogP contribution in [0.2, 0.25) is 0 Å². The lowest BCUT2D eigenvalue weighted by Crippen LogP contribution is -2.50. The van der Waals surface area contributed by atoms with Gasteiger partial charge in [0.2, 0.25) is 10.0 Å². The van der Waals surface area contributed by atoms with E-state index in [9.17, 15) is 8.42 Å². The fraction of sp³-hybridized carbons (Fsp3) is 0.667. The Balaban J connectivity index is 1.56. The maximum atomic E-state index is 12.0. The molecule has 0 amide bonds. The van der Waals surface area contributed by atoms with Gasteiger partial charge in [-0.15, -0.1) is 0 Å². The van der Waals surface area contributed by atoms with Gasteiger partial charge in [-0.1, -0.05) is 30.3 Å². The lowest BCUT2D eigenvalue weighted by atomic mass is 9.95. The number of guanidine groups is 1. The number of nitrogens with zero attached hydrogens (tertiary/aromatic N) is 2. The topological polar surface area (TPSA) is 83.0 Å². The number of hydrogen-bond acceptors (Lipinski definition) is 4. The normalized spacial score (nSPS) is 24.6. The molecule has 2 atom stereocenters. The highest BCUT2D eigenvalue weighted by molar-refractivity contribution is 7.89. The van der Waals surface area contributed by atoms with Crippen molar-refractivity contribution in [1.82, 2.24) is 14.9 Å². The van der Waals surface area contributed by atoms with Gasteiger partial charge in [0.25, 0.3) is 0 Å². The number of rotatable bonds is 7. The molecule has 0 spiro atoms.